The minimum atomic E-state index is 0.862. The van der Waals surface area contributed by atoms with Gasteiger partial charge >= 0.3 is 0 Å². The fourth-order valence-electron chi connectivity index (χ4n) is 1.18. The van der Waals surface area contributed by atoms with E-state index in [-0.39, 0.29) is 0 Å². The van der Waals surface area contributed by atoms with E-state index in [0.29, 0.717) is 0 Å². The first-order valence-corrected chi connectivity index (χ1v) is 3.47. The van der Waals surface area contributed by atoms with E-state index in [1.807, 2.05) is 30.5 Å². The summed E-state index contributed by atoms with van der Waals surface area (Å²) in [5.74, 6) is 0. The second-order valence-corrected chi connectivity index (χ2v) is 2.40. The van der Waals surface area contributed by atoms with Crippen LogP contribution in [0.3, 0.4) is 0 Å². The molecule has 0 aromatic heterocycles. The molecule has 11 heavy (non-hydrogen) atoms. The van der Waals surface area contributed by atoms with Gasteiger partial charge in [-0.05, 0) is 6.08 Å². The Labute approximate surface area is 65.4 Å². The highest BCUT2D eigenvalue weighted by molar-refractivity contribution is 5.62. The van der Waals surface area contributed by atoms with Crippen molar-refractivity contribution in [3.05, 3.63) is 47.4 Å². The molecule has 0 fully saturated rings. The van der Waals surface area contributed by atoms with Gasteiger partial charge in [0.2, 0.25) is 0 Å². The second-order valence-electron chi connectivity index (χ2n) is 2.40. The molecule has 0 unspecified atom stereocenters. The molecule has 0 spiro atoms. The quantitative estimate of drug-likeness (QED) is 0.528. The van der Waals surface area contributed by atoms with Gasteiger partial charge in [0.1, 0.15) is 0 Å². The molecule has 52 valence electrons. The predicted molar refractivity (Wildman–Crippen MR) is 44.6 cm³/mol. The van der Waals surface area contributed by atoms with Crippen LogP contribution >= 0.6 is 0 Å². The van der Waals surface area contributed by atoms with E-state index in [1.54, 1.807) is 0 Å². The molecule has 1 heteroatoms. The van der Waals surface area contributed by atoms with Gasteiger partial charge in [0.25, 0.3) is 0 Å². The monoisotopic (exact) mass is 141 g/mol. The van der Waals surface area contributed by atoms with E-state index in [2.05, 4.69) is 5.32 Å². The third-order valence-electron chi connectivity index (χ3n) is 1.74. The van der Waals surface area contributed by atoms with Crippen molar-refractivity contribution < 1.29 is 0 Å². The Hall–Kier alpha value is -1.50. The highest BCUT2D eigenvalue weighted by atomic mass is 14.9. The van der Waals surface area contributed by atoms with Crippen molar-refractivity contribution in [1.29, 1.82) is 0 Å². The lowest BCUT2D eigenvalue weighted by atomic mass is 10.2. The number of benzene rings is 1. The second kappa shape index (κ2) is 2.27. The zero-order chi connectivity index (χ0) is 7.68. The maximum absolute atomic E-state index is 5.37. The van der Waals surface area contributed by atoms with Crippen LogP contribution in [0.5, 0.6) is 0 Å². The summed E-state index contributed by atoms with van der Waals surface area (Å²) >= 11 is 0. The molecule has 0 amide bonds. The first-order valence-electron chi connectivity index (χ1n) is 3.47. The van der Waals surface area contributed by atoms with Crippen LogP contribution in [0.15, 0.2) is 30.3 Å². The van der Waals surface area contributed by atoms with Gasteiger partial charge in [0, 0.05) is 16.6 Å². The van der Waals surface area contributed by atoms with Gasteiger partial charge in [0.05, 0.1) is 5.70 Å². The number of fused-ring (bicyclic) bond motifs is 1. The van der Waals surface area contributed by atoms with Gasteiger partial charge in [0.15, 0.2) is 0 Å². The van der Waals surface area contributed by atoms with Crippen LogP contribution in [0.2, 0.25) is 0 Å². The van der Waals surface area contributed by atoms with Gasteiger partial charge in [-0.25, -0.2) is 0 Å². The fourth-order valence-corrected chi connectivity index (χ4v) is 1.18. The van der Waals surface area contributed by atoms with Gasteiger partial charge in [-0.1, -0.05) is 30.8 Å². The van der Waals surface area contributed by atoms with E-state index in [1.165, 1.54) is 6.08 Å². The molecule has 1 aromatic carbocycles. The van der Waals surface area contributed by atoms with Crippen molar-refractivity contribution in [3.8, 4) is 0 Å². The van der Waals surface area contributed by atoms with Crippen molar-refractivity contribution >= 4 is 11.9 Å². The Balaban J connectivity index is 2.89. The summed E-state index contributed by atoms with van der Waals surface area (Å²) in [5.41, 5.74) is 0.862. The molecular weight excluding hydrogens is 134 g/mol. The molecule has 0 bridgehead atoms. The number of hydrogen-bond donors (Lipinski definition) is 0. The number of rotatable bonds is 1. The van der Waals surface area contributed by atoms with Gasteiger partial charge in [-0.15, -0.1) is 0 Å². The van der Waals surface area contributed by atoms with E-state index >= 15 is 0 Å². The standard InChI is InChI=1S/C10H7N/c1-2-10-9-6-4-3-5-8(9)7-11-10/h1-7H. The molecule has 0 atom stereocenters. The summed E-state index contributed by atoms with van der Waals surface area (Å²) in [7, 11) is 0. The number of nitrogens with zero attached hydrogens (tertiary/aromatic N) is 1. The molecule has 2 rings (SSSR count). The molecule has 1 aromatic rings. The van der Waals surface area contributed by atoms with Crippen molar-refractivity contribution in [3.63, 3.8) is 0 Å². The molecule has 0 saturated heterocycles. The largest absolute Gasteiger partial charge is 0.256 e. The Morgan fingerprint density at radius 3 is 2.91 bits per heavy atom. The van der Waals surface area contributed by atoms with Crippen LogP contribution in [0.1, 0.15) is 0 Å². The fraction of sp³-hybridized carbons (Fsp3) is 0. The first kappa shape index (κ1) is 6.23. The van der Waals surface area contributed by atoms with Crippen LogP contribution in [0, 0.1) is 6.58 Å². The lowest BCUT2D eigenvalue weighted by Crippen LogP contribution is -2.21. The number of hydrogen-bond acceptors (Lipinski definition) is 0. The summed E-state index contributed by atoms with van der Waals surface area (Å²) in [6.45, 7) is 5.37. The highest BCUT2D eigenvalue weighted by Crippen LogP contribution is 1.92. The lowest BCUT2D eigenvalue weighted by Gasteiger charge is -1.87. The lowest BCUT2D eigenvalue weighted by molar-refractivity contribution is 1.32. The summed E-state index contributed by atoms with van der Waals surface area (Å²) in [5, 5.41) is 6.40. The Morgan fingerprint density at radius 2 is 2.09 bits per heavy atom. The van der Waals surface area contributed by atoms with Gasteiger partial charge < -0.3 is 0 Å². The Kier molecular flexibility index (Phi) is 1.29. The third kappa shape index (κ3) is 0.855. The molecule has 1 heterocycles. The molecule has 0 aliphatic carbocycles. The van der Waals surface area contributed by atoms with Crippen molar-refractivity contribution in [2.24, 2.45) is 0 Å². The normalized spacial score (nSPS) is 13.3. The van der Waals surface area contributed by atoms with Crippen molar-refractivity contribution in [1.82, 2.24) is 5.32 Å². The van der Waals surface area contributed by atoms with Crippen LogP contribution in [-0.4, -0.2) is 0 Å². The van der Waals surface area contributed by atoms with E-state index in [4.69, 9.17) is 6.58 Å². The van der Waals surface area contributed by atoms with Gasteiger partial charge in [-0.2, -0.15) is 0 Å². The molecule has 2 radical (unpaired) electrons. The molecule has 1 aliphatic heterocycles. The molecular formula is C10H7N. The summed E-state index contributed by atoms with van der Waals surface area (Å²) < 4.78 is 0. The SMILES string of the molecule is [CH]=CC1=c2ccccc2=C[N]1. The minimum absolute atomic E-state index is 0.862. The summed E-state index contributed by atoms with van der Waals surface area (Å²) in [4.78, 5) is 0. The topological polar surface area (TPSA) is 14.1 Å². The Morgan fingerprint density at radius 1 is 1.27 bits per heavy atom. The predicted octanol–water partition coefficient (Wildman–Crippen LogP) is 0.140. The summed E-state index contributed by atoms with van der Waals surface area (Å²) in [6.07, 6.45) is 3.36. The zero-order valence-corrected chi connectivity index (χ0v) is 5.99. The summed E-state index contributed by atoms with van der Waals surface area (Å²) in [6, 6.07) is 8.01. The zero-order valence-electron chi connectivity index (χ0n) is 5.99. The van der Waals surface area contributed by atoms with E-state index in [0.717, 1.165) is 16.1 Å². The molecule has 1 aliphatic rings. The first-order chi connectivity index (χ1) is 5.42. The molecule has 1 nitrogen and oxygen atoms in total. The maximum atomic E-state index is 5.37. The minimum Gasteiger partial charge on any atom is -0.256 e. The van der Waals surface area contributed by atoms with Crippen LogP contribution < -0.4 is 15.8 Å². The molecule has 0 saturated carbocycles. The van der Waals surface area contributed by atoms with E-state index in [9.17, 15) is 0 Å². The van der Waals surface area contributed by atoms with Crippen LogP contribution in [-0.2, 0) is 0 Å². The molecule has 0 N–H and O–H groups in total. The van der Waals surface area contributed by atoms with Gasteiger partial charge in [-0.3, -0.25) is 5.32 Å². The van der Waals surface area contributed by atoms with Crippen LogP contribution in [0.4, 0.5) is 0 Å². The smallest absolute Gasteiger partial charge is 0.0708 e. The maximum Gasteiger partial charge on any atom is 0.0708 e. The average molecular weight is 141 g/mol. The Bertz CT molecular complexity index is 401. The van der Waals surface area contributed by atoms with E-state index < -0.39 is 0 Å². The highest BCUT2D eigenvalue weighted by Gasteiger charge is 1.99. The van der Waals surface area contributed by atoms with Crippen LogP contribution in [0.25, 0.3) is 11.9 Å². The third-order valence-corrected chi connectivity index (χ3v) is 1.74. The average Bonchev–Trinajstić information content (AvgIpc) is 2.47. The van der Waals surface area contributed by atoms with Crippen molar-refractivity contribution in [2.45, 2.75) is 0 Å². The van der Waals surface area contributed by atoms with Crippen molar-refractivity contribution in [2.75, 3.05) is 0 Å².